The van der Waals surface area contributed by atoms with Gasteiger partial charge in [-0.05, 0) is 38.5 Å². The Balaban J connectivity index is 2.13. The van der Waals surface area contributed by atoms with Crippen molar-refractivity contribution >= 4 is 5.91 Å². The average Bonchev–Trinajstić information content (AvgIpc) is 3.02. The fraction of sp³-hybridized carbons (Fsp3) is 0.974. The second kappa shape index (κ2) is 31.3. The highest BCUT2D eigenvalue weighted by Crippen LogP contribution is 2.23. The average molecular weight is 609 g/mol. The Morgan fingerprint density at radius 2 is 1.00 bits per heavy atom. The topological polar surface area (TPSA) is 73.6 Å². The van der Waals surface area contributed by atoms with Crippen molar-refractivity contribution in [2.24, 2.45) is 11.7 Å². The third-order valence-corrected chi connectivity index (χ3v) is 9.44. The van der Waals surface area contributed by atoms with E-state index in [1.54, 1.807) is 0 Å². The van der Waals surface area contributed by atoms with Crippen molar-refractivity contribution in [1.82, 2.24) is 5.32 Å². The zero-order valence-electron chi connectivity index (χ0n) is 29.2. The Hall–Kier alpha value is -0.650. The minimum atomic E-state index is -0.0557. The first-order valence-electron chi connectivity index (χ1n) is 19.4. The van der Waals surface area contributed by atoms with Crippen LogP contribution in [0.25, 0.3) is 0 Å². The summed E-state index contributed by atoms with van der Waals surface area (Å²) in [4.78, 5) is 12.8. The summed E-state index contributed by atoms with van der Waals surface area (Å²) in [5.41, 5.74) is 6.04. The lowest BCUT2D eigenvalue weighted by Gasteiger charge is -2.26. The standard InChI is InChI=1S/C38H76N2O3/c1-3-5-7-9-11-13-15-17-19-21-23-25-31-42-34-37(33-40-38(41)35-27-29-36(39)30-28-35)43-32-26-24-22-20-18-16-14-12-10-8-6-4-2/h35-37H,3-34,39H2,1-2H3,(H,40,41)/t35-,36+,37?. The van der Waals surface area contributed by atoms with E-state index in [-0.39, 0.29) is 24.0 Å². The van der Waals surface area contributed by atoms with Crippen molar-refractivity contribution in [3.05, 3.63) is 0 Å². The molecule has 0 aromatic heterocycles. The zero-order valence-corrected chi connectivity index (χ0v) is 29.2. The Bertz CT molecular complexity index is 580. The quantitative estimate of drug-likeness (QED) is 0.0745. The Morgan fingerprint density at radius 3 is 1.44 bits per heavy atom. The maximum atomic E-state index is 12.8. The molecular weight excluding hydrogens is 532 g/mol. The lowest BCUT2D eigenvalue weighted by atomic mass is 9.86. The first-order chi connectivity index (χ1) is 21.2. The number of nitrogens with two attached hydrogens (primary N) is 1. The Labute approximate surface area is 269 Å². The van der Waals surface area contributed by atoms with E-state index in [0.29, 0.717) is 13.2 Å². The first-order valence-corrected chi connectivity index (χ1v) is 19.4. The van der Waals surface area contributed by atoms with Gasteiger partial charge in [0, 0.05) is 31.7 Å². The highest BCUT2D eigenvalue weighted by molar-refractivity contribution is 5.78. The van der Waals surface area contributed by atoms with Crippen molar-refractivity contribution in [2.75, 3.05) is 26.4 Å². The maximum absolute atomic E-state index is 12.8. The summed E-state index contributed by atoms with van der Waals surface area (Å²) >= 11 is 0. The third-order valence-electron chi connectivity index (χ3n) is 9.44. The molecular formula is C38H76N2O3. The molecule has 1 saturated carbocycles. The van der Waals surface area contributed by atoms with E-state index >= 15 is 0 Å². The summed E-state index contributed by atoms with van der Waals surface area (Å²) < 4.78 is 12.3. The number of rotatable bonds is 32. The van der Waals surface area contributed by atoms with Crippen LogP contribution in [-0.2, 0) is 14.3 Å². The summed E-state index contributed by atoms with van der Waals surface area (Å²) in [6.07, 6.45) is 36.1. The van der Waals surface area contributed by atoms with Crippen LogP contribution in [0.1, 0.15) is 194 Å². The molecule has 43 heavy (non-hydrogen) atoms. The normalized spacial score (nSPS) is 17.7. The minimum absolute atomic E-state index is 0.0557. The third kappa shape index (κ3) is 26.3. The van der Waals surface area contributed by atoms with Crippen molar-refractivity contribution in [3.8, 4) is 0 Å². The van der Waals surface area contributed by atoms with Crippen molar-refractivity contribution in [2.45, 2.75) is 206 Å². The van der Waals surface area contributed by atoms with Crippen LogP contribution < -0.4 is 11.1 Å². The van der Waals surface area contributed by atoms with Crippen LogP contribution in [0.3, 0.4) is 0 Å². The van der Waals surface area contributed by atoms with Gasteiger partial charge >= 0.3 is 0 Å². The molecule has 256 valence electrons. The van der Waals surface area contributed by atoms with Gasteiger partial charge in [-0.3, -0.25) is 4.79 Å². The van der Waals surface area contributed by atoms with Gasteiger partial charge in [-0.1, -0.05) is 155 Å². The van der Waals surface area contributed by atoms with Gasteiger partial charge in [-0.2, -0.15) is 0 Å². The number of unbranched alkanes of at least 4 members (excludes halogenated alkanes) is 22. The van der Waals surface area contributed by atoms with Crippen molar-refractivity contribution in [3.63, 3.8) is 0 Å². The van der Waals surface area contributed by atoms with E-state index in [2.05, 4.69) is 19.2 Å². The number of amides is 1. The largest absolute Gasteiger partial charge is 0.379 e. The molecule has 0 spiro atoms. The van der Waals surface area contributed by atoms with E-state index in [9.17, 15) is 4.79 Å². The number of hydrogen-bond acceptors (Lipinski definition) is 4. The van der Waals surface area contributed by atoms with Gasteiger partial charge in [-0.15, -0.1) is 0 Å². The highest BCUT2D eigenvalue weighted by atomic mass is 16.5. The molecule has 0 aromatic rings. The first kappa shape index (κ1) is 40.4. The molecule has 5 heteroatoms. The van der Waals surface area contributed by atoms with E-state index < -0.39 is 0 Å². The molecule has 1 fully saturated rings. The van der Waals surface area contributed by atoms with Gasteiger partial charge in [0.05, 0.1) is 12.7 Å². The van der Waals surface area contributed by atoms with Crippen molar-refractivity contribution < 1.29 is 14.3 Å². The molecule has 0 saturated heterocycles. The Morgan fingerprint density at radius 1 is 0.605 bits per heavy atom. The van der Waals surface area contributed by atoms with Gasteiger partial charge in [0.2, 0.25) is 5.91 Å². The van der Waals surface area contributed by atoms with Gasteiger partial charge in [0.25, 0.3) is 0 Å². The van der Waals surface area contributed by atoms with E-state index in [4.69, 9.17) is 15.2 Å². The van der Waals surface area contributed by atoms with E-state index in [1.807, 2.05) is 0 Å². The molecule has 1 unspecified atom stereocenters. The van der Waals surface area contributed by atoms with Crippen molar-refractivity contribution in [1.29, 1.82) is 0 Å². The molecule has 5 nitrogen and oxygen atoms in total. The van der Waals surface area contributed by atoms with Crippen LogP contribution in [0.4, 0.5) is 0 Å². The molecule has 0 bridgehead atoms. The predicted molar refractivity (Wildman–Crippen MR) is 186 cm³/mol. The SMILES string of the molecule is CCCCCCCCCCCCCCOCC(CNC(=O)[C@H]1CC[C@@H](N)CC1)OCCCCCCCCCCCCCC. The number of ether oxygens (including phenoxy) is 2. The van der Waals surface area contributed by atoms with Crippen LogP contribution in [0, 0.1) is 5.92 Å². The summed E-state index contributed by atoms with van der Waals surface area (Å²) in [6.45, 7) is 7.26. The fourth-order valence-corrected chi connectivity index (χ4v) is 6.36. The van der Waals surface area contributed by atoms with Crippen LogP contribution in [0.5, 0.6) is 0 Å². The number of hydrogen-bond donors (Lipinski definition) is 2. The van der Waals surface area contributed by atoms with Gasteiger partial charge in [0.15, 0.2) is 0 Å². The zero-order chi connectivity index (χ0) is 31.1. The summed E-state index contributed by atoms with van der Waals surface area (Å²) in [7, 11) is 0. The number of carbonyl (C=O) groups excluding carboxylic acids is 1. The predicted octanol–water partition coefficient (Wildman–Crippen LogP) is 10.4. The molecule has 1 rings (SSSR count). The minimum Gasteiger partial charge on any atom is -0.379 e. The fourth-order valence-electron chi connectivity index (χ4n) is 6.36. The second-order valence-corrected chi connectivity index (χ2v) is 13.7. The second-order valence-electron chi connectivity index (χ2n) is 13.7. The lowest BCUT2D eigenvalue weighted by Crippen LogP contribution is -2.41. The lowest BCUT2D eigenvalue weighted by molar-refractivity contribution is -0.127. The van der Waals surface area contributed by atoms with E-state index in [1.165, 1.54) is 141 Å². The summed E-state index contributed by atoms with van der Waals surface area (Å²) in [6, 6.07) is 0.268. The number of carbonyl (C=O) groups is 1. The Kier molecular flexibility index (Phi) is 29.4. The number of nitrogens with one attached hydrogen (secondary N) is 1. The molecule has 1 aliphatic rings. The van der Waals surface area contributed by atoms with Crippen LogP contribution in [0.2, 0.25) is 0 Å². The molecule has 1 amide bonds. The molecule has 0 aliphatic heterocycles. The van der Waals surface area contributed by atoms with Crippen LogP contribution >= 0.6 is 0 Å². The molecule has 0 aromatic carbocycles. The summed E-state index contributed by atoms with van der Waals surface area (Å²) in [5.74, 6) is 0.283. The highest BCUT2D eigenvalue weighted by Gasteiger charge is 2.25. The molecule has 3 N–H and O–H groups in total. The smallest absolute Gasteiger partial charge is 0.223 e. The molecule has 1 aliphatic carbocycles. The monoisotopic (exact) mass is 609 g/mol. The molecule has 0 radical (unpaired) electrons. The van der Waals surface area contributed by atoms with Gasteiger partial charge in [-0.25, -0.2) is 0 Å². The maximum Gasteiger partial charge on any atom is 0.223 e. The molecule has 0 heterocycles. The van der Waals surface area contributed by atoms with Crippen LogP contribution in [0.15, 0.2) is 0 Å². The van der Waals surface area contributed by atoms with Gasteiger partial charge < -0.3 is 20.5 Å². The van der Waals surface area contributed by atoms with Crippen LogP contribution in [-0.4, -0.2) is 44.4 Å². The summed E-state index contributed by atoms with van der Waals surface area (Å²) in [5, 5.41) is 3.18. The van der Waals surface area contributed by atoms with E-state index in [0.717, 1.165) is 51.7 Å². The molecule has 1 atom stereocenters. The van der Waals surface area contributed by atoms with Gasteiger partial charge in [0.1, 0.15) is 0 Å².